The number of rotatable bonds is 4. The van der Waals surface area contributed by atoms with Crippen molar-refractivity contribution in [3.05, 3.63) is 0 Å². The summed E-state index contributed by atoms with van der Waals surface area (Å²) >= 11 is 0. The maximum Gasteiger partial charge on any atom is 0.223 e. The fourth-order valence-electron chi connectivity index (χ4n) is 2.30. The normalized spacial score (nSPS) is 20.0. The summed E-state index contributed by atoms with van der Waals surface area (Å²) in [6, 6.07) is 0. The first kappa shape index (κ1) is 10.1. The molecule has 0 aliphatic carbocycles. The van der Waals surface area contributed by atoms with Crippen molar-refractivity contribution in [2.45, 2.75) is 52.2 Å². The third kappa shape index (κ3) is 2.82. The Morgan fingerprint density at radius 3 is 2.67 bits per heavy atom. The summed E-state index contributed by atoms with van der Waals surface area (Å²) in [6.45, 7) is 8.20. The predicted molar refractivity (Wildman–Crippen MR) is 56.8 cm³/mol. The van der Waals surface area contributed by atoms with Crippen molar-refractivity contribution in [3.8, 4) is 0 Å². The molecule has 0 N–H and O–H groups in total. The van der Waals surface area contributed by atoms with E-state index in [1.165, 1.54) is 51.4 Å². The van der Waals surface area contributed by atoms with E-state index in [0.29, 0.717) is 0 Å². The predicted octanol–water partition coefficient (Wildman–Crippen LogP) is 2.89. The lowest BCUT2D eigenvalue weighted by Gasteiger charge is -2.33. The molecule has 2 heteroatoms. The van der Waals surface area contributed by atoms with Crippen molar-refractivity contribution in [3.63, 3.8) is 0 Å². The lowest BCUT2D eigenvalue weighted by Crippen LogP contribution is -2.43. The highest BCUT2D eigenvalue weighted by Gasteiger charge is 2.23. The lowest BCUT2D eigenvalue weighted by atomic mass is 9.51. The van der Waals surface area contributed by atoms with Gasteiger partial charge in [-0.15, -0.1) is 0 Å². The first-order chi connectivity index (χ1) is 5.88. The van der Waals surface area contributed by atoms with Crippen LogP contribution in [0.15, 0.2) is 0 Å². The molecule has 0 saturated carbocycles. The standard InChI is InChI=1S/C10H22BN/c1-3-7-11-8-5-6-10-12(11)9-4-2/h3-10H2,1-2H3. The smallest absolute Gasteiger partial charge is 0.223 e. The largest absolute Gasteiger partial charge is 0.342 e. The fraction of sp³-hybridized carbons (Fsp3) is 1.00. The van der Waals surface area contributed by atoms with Crippen LogP contribution < -0.4 is 0 Å². The Labute approximate surface area is 77.6 Å². The van der Waals surface area contributed by atoms with Crippen LogP contribution in [0.2, 0.25) is 12.6 Å². The molecule has 0 unspecified atom stereocenters. The molecule has 0 bridgehead atoms. The van der Waals surface area contributed by atoms with Gasteiger partial charge in [-0.3, -0.25) is 0 Å². The minimum absolute atomic E-state index is 0.920. The molecule has 0 aromatic rings. The molecule has 1 nitrogen and oxygen atoms in total. The third-order valence-corrected chi connectivity index (χ3v) is 2.88. The molecule has 1 rings (SSSR count). The van der Waals surface area contributed by atoms with Crippen molar-refractivity contribution in [1.82, 2.24) is 4.81 Å². The van der Waals surface area contributed by atoms with Crippen molar-refractivity contribution in [1.29, 1.82) is 0 Å². The van der Waals surface area contributed by atoms with Gasteiger partial charge < -0.3 is 4.81 Å². The van der Waals surface area contributed by atoms with E-state index in [4.69, 9.17) is 0 Å². The fourth-order valence-corrected chi connectivity index (χ4v) is 2.30. The highest BCUT2D eigenvalue weighted by atomic mass is 15.1. The van der Waals surface area contributed by atoms with Crippen molar-refractivity contribution >= 4 is 6.85 Å². The average Bonchev–Trinajstić information content (AvgIpc) is 2.09. The second-order valence-corrected chi connectivity index (χ2v) is 3.97. The van der Waals surface area contributed by atoms with E-state index in [1.807, 2.05) is 0 Å². The SMILES string of the molecule is CCCB1CCCCN1CCC. The van der Waals surface area contributed by atoms with E-state index in [1.54, 1.807) is 0 Å². The molecule has 0 aromatic heterocycles. The van der Waals surface area contributed by atoms with E-state index < -0.39 is 0 Å². The second-order valence-electron chi connectivity index (χ2n) is 3.97. The molecule has 0 aromatic carbocycles. The Kier molecular flexibility index (Phi) is 4.74. The molecule has 12 heavy (non-hydrogen) atoms. The van der Waals surface area contributed by atoms with Crippen LogP contribution in [-0.2, 0) is 0 Å². The molecular formula is C10H22BN. The van der Waals surface area contributed by atoms with Gasteiger partial charge >= 0.3 is 0 Å². The maximum absolute atomic E-state index is 2.70. The topological polar surface area (TPSA) is 3.24 Å². The highest BCUT2D eigenvalue weighted by Crippen LogP contribution is 2.18. The van der Waals surface area contributed by atoms with Gasteiger partial charge in [-0.25, -0.2) is 0 Å². The van der Waals surface area contributed by atoms with Crippen LogP contribution in [0.3, 0.4) is 0 Å². The zero-order valence-corrected chi connectivity index (χ0v) is 8.68. The Morgan fingerprint density at radius 2 is 2.00 bits per heavy atom. The number of hydrogen-bond acceptors (Lipinski definition) is 1. The monoisotopic (exact) mass is 167 g/mol. The first-order valence-electron chi connectivity index (χ1n) is 5.62. The molecular weight excluding hydrogens is 145 g/mol. The van der Waals surface area contributed by atoms with Crippen LogP contribution in [0.5, 0.6) is 0 Å². The quantitative estimate of drug-likeness (QED) is 0.582. The van der Waals surface area contributed by atoms with Gasteiger partial charge in [0.1, 0.15) is 0 Å². The number of hydrogen-bond donors (Lipinski definition) is 0. The summed E-state index contributed by atoms with van der Waals surface area (Å²) in [5.41, 5.74) is 0. The van der Waals surface area contributed by atoms with Crippen molar-refractivity contribution in [2.24, 2.45) is 0 Å². The van der Waals surface area contributed by atoms with Gasteiger partial charge in [0.05, 0.1) is 0 Å². The van der Waals surface area contributed by atoms with Gasteiger partial charge in [-0.2, -0.15) is 0 Å². The molecule has 70 valence electrons. The van der Waals surface area contributed by atoms with Crippen LogP contribution in [-0.4, -0.2) is 24.7 Å². The molecule has 1 aliphatic heterocycles. The Bertz CT molecular complexity index is 98.4. The summed E-state index contributed by atoms with van der Waals surface area (Å²) in [6.07, 6.45) is 8.43. The molecule has 0 radical (unpaired) electrons. The molecule has 1 saturated heterocycles. The molecule has 1 aliphatic rings. The summed E-state index contributed by atoms with van der Waals surface area (Å²) in [5, 5.41) is 0. The Morgan fingerprint density at radius 1 is 1.17 bits per heavy atom. The Balaban J connectivity index is 2.31. The summed E-state index contributed by atoms with van der Waals surface area (Å²) < 4.78 is 0. The van der Waals surface area contributed by atoms with Gasteiger partial charge in [0.15, 0.2) is 0 Å². The first-order valence-corrected chi connectivity index (χ1v) is 5.62. The zero-order valence-electron chi connectivity index (χ0n) is 8.68. The van der Waals surface area contributed by atoms with Gasteiger partial charge in [0, 0.05) is 0 Å². The second kappa shape index (κ2) is 5.63. The molecule has 1 fully saturated rings. The minimum atomic E-state index is 0.920. The van der Waals surface area contributed by atoms with Crippen LogP contribution in [0.4, 0.5) is 0 Å². The van der Waals surface area contributed by atoms with E-state index in [-0.39, 0.29) is 0 Å². The summed E-state index contributed by atoms with van der Waals surface area (Å²) in [4.78, 5) is 2.70. The zero-order chi connectivity index (χ0) is 8.81. The molecule has 0 spiro atoms. The van der Waals surface area contributed by atoms with Gasteiger partial charge in [0.2, 0.25) is 6.85 Å². The van der Waals surface area contributed by atoms with E-state index in [0.717, 1.165) is 6.85 Å². The van der Waals surface area contributed by atoms with Gasteiger partial charge in [0.25, 0.3) is 0 Å². The number of nitrogens with zero attached hydrogens (tertiary/aromatic N) is 1. The molecule has 0 amide bonds. The average molecular weight is 167 g/mol. The highest BCUT2D eigenvalue weighted by molar-refractivity contribution is 6.55. The van der Waals surface area contributed by atoms with Crippen LogP contribution in [0.1, 0.15) is 39.5 Å². The lowest BCUT2D eigenvalue weighted by molar-refractivity contribution is 0.392. The van der Waals surface area contributed by atoms with Crippen LogP contribution >= 0.6 is 0 Å². The van der Waals surface area contributed by atoms with E-state index >= 15 is 0 Å². The minimum Gasteiger partial charge on any atom is -0.342 e. The van der Waals surface area contributed by atoms with Gasteiger partial charge in [-0.1, -0.05) is 39.3 Å². The summed E-state index contributed by atoms with van der Waals surface area (Å²) in [7, 11) is 0. The maximum atomic E-state index is 2.70. The van der Waals surface area contributed by atoms with Crippen LogP contribution in [0.25, 0.3) is 0 Å². The van der Waals surface area contributed by atoms with Crippen LogP contribution in [0, 0.1) is 0 Å². The van der Waals surface area contributed by atoms with Gasteiger partial charge in [-0.05, 0) is 25.9 Å². The Hall–Kier alpha value is 0.0249. The molecule has 0 atom stereocenters. The molecule has 1 heterocycles. The van der Waals surface area contributed by atoms with Crippen molar-refractivity contribution < 1.29 is 0 Å². The summed E-state index contributed by atoms with van der Waals surface area (Å²) in [5.74, 6) is 0. The van der Waals surface area contributed by atoms with E-state index in [2.05, 4.69) is 18.7 Å². The van der Waals surface area contributed by atoms with E-state index in [9.17, 15) is 0 Å². The third-order valence-electron chi connectivity index (χ3n) is 2.88. The van der Waals surface area contributed by atoms with Crippen molar-refractivity contribution in [2.75, 3.05) is 13.1 Å².